The Morgan fingerprint density at radius 2 is 1.82 bits per heavy atom. The first kappa shape index (κ1) is 14.1. The number of rotatable bonds is 6. The van der Waals surface area contributed by atoms with Crippen molar-refractivity contribution in [1.29, 1.82) is 0 Å². The number of aliphatic hydroxyl groups is 2. The molecule has 1 rings (SSSR count). The zero-order chi connectivity index (χ0) is 12.8. The van der Waals surface area contributed by atoms with Crippen LogP contribution >= 0.6 is 0 Å². The predicted octanol–water partition coefficient (Wildman–Crippen LogP) is 1.47. The van der Waals surface area contributed by atoms with Crippen molar-refractivity contribution in [2.45, 2.75) is 26.1 Å². The Balaban J connectivity index is 2.40. The molecule has 17 heavy (non-hydrogen) atoms. The molecule has 0 saturated carbocycles. The summed E-state index contributed by atoms with van der Waals surface area (Å²) in [6, 6.07) is 6.15. The summed E-state index contributed by atoms with van der Waals surface area (Å²) < 4.78 is 13.3. The van der Waals surface area contributed by atoms with Gasteiger partial charge in [-0.2, -0.15) is 0 Å². The van der Waals surface area contributed by atoms with Crippen LogP contribution < -0.4 is 5.32 Å². The van der Waals surface area contributed by atoms with E-state index in [0.29, 0.717) is 6.54 Å². The highest BCUT2D eigenvalue weighted by Gasteiger charge is 2.13. The van der Waals surface area contributed by atoms with Gasteiger partial charge in [-0.15, -0.1) is 0 Å². The monoisotopic (exact) mass is 241 g/mol. The number of halogens is 1. The third-order valence-corrected chi connectivity index (χ3v) is 2.72. The molecule has 3 nitrogen and oxygen atoms in total. The molecule has 0 bridgehead atoms. The van der Waals surface area contributed by atoms with Crippen molar-refractivity contribution in [2.24, 2.45) is 5.92 Å². The van der Waals surface area contributed by atoms with E-state index in [0.717, 1.165) is 0 Å². The van der Waals surface area contributed by atoms with Gasteiger partial charge < -0.3 is 15.5 Å². The molecule has 2 atom stereocenters. The van der Waals surface area contributed by atoms with Crippen LogP contribution in [0.5, 0.6) is 0 Å². The summed E-state index contributed by atoms with van der Waals surface area (Å²) in [7, 11) is 0. The normalized spacial score (nSPS) is 14.9. The molecule has 4 heteroatoms. The van der Waals surface area contributed by atoms with Crippen molar-refractivity contribution in [1.82, 2.24) is 5.32 Å². The quantitative estimate of drug-likeness (QED) is 0.707. The molecule has 0 spiro atoms. The highest BCUT2D eigenvalue weighted by atomic mass is 19.1. The van der Waals surface area contributed by atoms with Gasteiger partial charge >= 0.3 is 0 Å². The van der Waals surface area contributed by atoms with Crippen LogP contribution in [-0.2, 0) is 0 Å². The van der Waals surface area contributed by atoms with E-state index in [-0.39, 0.29) is 18.0 Å². The Kier molecular flexibility index (Phi) is 5.55. The average molecular weight is 241 g/mol. The molecule has 0 aliphatic carbocycles. The first-order chi connectivity index (χ1) is 8.02. The van der Waals surface area contributed by atoms with E-state index in [1.807, 2.05) is 13.8 Å². The van der Waals surface area contributed by atoms with Crippen molar-refractivity contribution >= 4 is 0 Å². The number of hydrogen-bond acceptors (Lipinski definition) is 3. The van der Waals surface area contributed by atoms with Crippen LogP contribution in [0.4, 0.5) is 4.39 Å². The lowest BCUT2D eigenvalue weighted by molar-refractivity contribution is 0.112. The van der Waals surface area contributed by atoms with Crippen molar-refractivity contribution in [2.75, 3.05) is 13.1 Å². The van der Waals surface area contributed by atoms with Crippen LogP contribution in [0.1, 0.15) is 25.5 Å². The third kappa shape index (κ3) is 4.42. The second-order valence-electron chi connectivity index (χ2n) is 4.51. The maximum atomic E-state index is 13.3. The summed E-state index contributed by atoms with van der Waals surface area (Å²) in [5, 5.41) is 22.2. The van der Waals surface area contributed by atoms with Gasteiger partial charge in [-0.1, -0.05) is 32.0 Å². The fourth-order valence-corrected chi connectivity index (χ4v) is 1.46. The molecule has 0 aliphatic rings. The van der Waals surface area contributed by atoms with Gasteiger partial charge in [-0.3, -0.25) is 0 Å². The van der Waals surface area contributed by atoms with Gasteiger partial charge in [0.05, 0.1) is 12.2 Å². The number of nitrogens with one attached hydrogen (secondary N) is 1. The predicted molar refractivity (Wildman–Crippen MR) is 65.1 cm³/mol. The number of aliphatic hydroxyl groups excluding tert-OH is 2. The van der Waals surface area contributed by atoms with Crippen LogP contribution in [-0.4, -0.2) is 29.4 Å². The lowest BCUT2D eigenvalue weighted by atomic mass is 10.1. The lowest BCUT2D eigenvalue weighted by Crippen LogP contribution is -2.33. The molecular weight excluding hydrogens is 221 g/mol. The lowest BCUT2D eigenvalue weighted by Gasteiger charge is -2.17. The number of benzene rings is 1. The van der Waals surface area contributed by atoms with E-state index in [1.54, 1.807) is 18.2 Å². The average Bonchev–Trinajstić information content (AvgIpc) is 2.29. The Morgan fingerprint density at radius 3 is 2.41 bits per heavy atom. The highest BCUT2D eigenvalue weighted by molar-refractivity contribution is 5.19. The van der Waals surface area contributed by atoms with Crippen molar-refractivity contribution < 1.29 is 14.6 Å². The standard InChI is InChI=1S/C13H20FNO2/c1-9(2)12(16)7-15-8-13(17)10-5-3-4-6-11(10)14/h3-6,9,12-13,15-17H,7-8H2,1-2H3. The van der Waals surface area contributed by atoms with Crippen LogP contribution in [0.15, 0.2) is 24.3 Å². The minimum atomic E-state index is -0.893. The molecule has 0 radical (unpaired) electrons. The van der Waals surface area contributed by atoms with Crippen molar-refractivity contribution in [3.8, 4) is 0 Å². The third-order valence-electron chi connectivity index (χ3n) is 2.72. The van der Waals surface area contributed by atoms with E-state index in [1.165, 1.54) is 6.07 Å². The van der Waals surface area contributed by atoms with Gasteiger partial charge in [0.1, 0.15) is 5.82 Å². The maximum Gasteiger partial charge on any atom is 0.129 e. The molecular formula is C13H20FNO2. The second-order valence-corrected chi connectivity index (χ2v) is 4.51. The molecule has 1 aromatic rings. The molecule has 0 fully saturated rings. The van der Waals surface area contributed by atoms with Crippen molar-refractivity contribution in [3.05, 3.63) is 35.6 Å². The summed E-state index contributed by atoms with van der Waals surface area (Å²) in [6.45, 7) is 4.45. The summed E-state index contributed by atoms with van der Waals surface area (Å²) in [5.41, 5.74) is 0.277. The Hall–Kier alpha value is -0.970. The van der Waals surface area contributed by atoms with E-state index in [9.17, 15) is 14.6 Å². The highest BCUT2D eigenvalue weighted by Crippen LogP contribution is 2.15. The fourth-order valence-electron chi connectivity index (χ4n) is 1.46. The first-order valence-corrected chi connectivity index (χ1v) is 5.83. The largest absolute Gasteiger partial charge is 0.392 e. The van der Waals surface area contributed by atoms with Crippen LogP contribution in [0.2, 0.25) is 0 Å². The molecule has 3 N–H and O–H groups in total. The van der Waals surface area contributed by atoms with Gasteiger partial charge in [0.15, 0.2) is 0 Å². The summed E-state index contributed by atoms with van der Waals surface area (Å²) in [4.78, 5) is 0. The van der Waals surface area contributed by atoms with Crippen LogP contribution in [0.3, 0.4) is 0 Å². The smallest absolute Gasteiger partial charge is 0.129 e. The summed E-state index contributed by atoms with van der Waals surface area (Å²) in [6.07, 6.45) is -1.35. The molecule has 1 aromatic carbocycles. The van der Waals surface area contributed by atoms with Crippen molar-refractivity contribution in [3.63, 3.8) is 0 Å². The Morgan fingerprint density at radius 1 is 1.18 bits per heavy atom. The number of hydrogen-bond donors (Lipinski definition) is 3. The Bertz CT molecular complexity index is 344. The zero-order valence-corrected chi connectivity index (χ0v) is 10.2. The SMILES string of the molecule is CC(C)C(O)CNCC(O)c1ccccc1F. The topological polar surface area (TPSA) is 52.5 Å². The Labute approximate surface area is 101 Å². The molecule has 0 heterocycles. The fraction of sp³-hybridized carbons (Fsp3) is 0.538. The van der Waals surface area contributed by atoms with E-state index in [4.69, 9.17) is 0 Å². The molecule has 0 aliphatic heterocycles. The minimum Gasteiger partial charge on any atom is -0.392 e. The van der Waals surface area contributed by atoms with Crippen LogP contribution in [0.25, 0.3) is 0 Å². The van der Waals surface area contributed by atoms with E-state index >= 15 is 0 Å². The summed E-state index contributed by atoms with van der Waals surface area (Å²) in [5.74, 6) is -0.251. The van der Waals surface area contributed by atoms with Gasteiger partial charge in [0.25, 0.3) is 0 Å². The minimum absolute atomic E-state index is 0.160. The van der Waals surface area contributed by atoms with Gasteiger partial charge in [-0.05, 0) is 12.0 Å². The van der Waals surface area contributed by atoms with E-state index in [2.05, 4.69) is 5.32 Å². The zero-order valence-electron chi connectivity index (χ0n) is 10.2. The summed E-state index contributed by atoms with van der Waals surface area (Å²) >= 11 is 0. The first-order valence-electron chi connectivity index (χ1n) is 5.83. The molecule has 96 valence electrons. The molecule has 0 saturated heterocycles. The van der Waals surface area contributed by atoms with Gasteiger partial charge in [0.2, 0.25) is 0 Å². The molecule has 0 aromatic heterocycles. The van der Waals surface area contributed by atoms with E-state index < -0.39 is 18.0 Å². The van der Waals surface area contributed by atoms with Gasteiger partial charge in [-0.25, -0.2) is 4.39 Å². The molecule has 0 amide bonds. The van der Waals surface area contributed by atoms with Gasteiger partial charge in [0, 0.05) is 18.7 Å². The van der Waals surface area contributed by atoms with Crippen LogP contribution in [0, 0.1) is 11.7 Å². The maximum absolute atomic E-state index is 13.3. The molecule has 2 unspecified atom stereocenters. The second kappa shape index (κ2) is 6.69.